The first kappa shape index (κ1) is 12.4. The molecule has 0 spiro atoms. The number of hydrogen-bond acceptors (Lipinski definition) is 2. The minimum Gasteiger partial charge on any atom is -0.354 e. The molecular weight excluding hydrogens is 164 g/mol. The van der Waals surface area contributed by atoms with Gasteiger partial charge in [0.2, 0.25) is 5.91 Å². The summed E-state index contributed by atoms with van der Waals surface area (Å²) in [6.45, 7) is 5.58. The molecule has 0 radical (unpaired) electrons. The summed E-state index contributed by atoms with van der Waals surface area (Å²) in [5, 5.41) is 6.14. The number of carbonyl (C=O) groups excluding carboxylic acids is 1. The third-order valence-electron chi connectivity index (χ3n) is 2.25. The highest BCUT2D eigenvalue weighted by Gasteiger charge is 2.23. The lowest BCUT2D eigenvalue weighted by Crippen LogP contribution is -2.32. The van der Waals surface area contributed by atoms with E-state index in [0.717, 1.165) is 12.8 Å². The van der Waals surface area contributed by atoms with Gasteiger partial charge in [-0.3, -0.25) is 4.79 Å². The number of nitrogens with one attached hydrogen (secondary N) is 2. The average Bonchev–Trinajstić information content (AvgIpc) is 2.55. The number of carbonyl (C=O) groups is 1. The molecule has 78 valence electrons. The third kappa shape index (κ3) is 4.88. The molecule has 0 saturated heterocycles. The summed E-state index contributed by atoms with van der Waals surface area (Å²) in [5.41, 5.74) is 0. The smallest absolute Gasteiger partial charge is 0.217 e. The fourth-order valence-corrected chi connectivity index (χ4v) is 1.66. The van der Waals surface area contributed by atoms with Gasteiger partial charge in [-0.1, -0.05) is 13.8 Å². The summed E-state index contributed by atoms with van der Waals surface area (Å²) in [7, 11) is 1.97. The highest BCUT2D eigenvalue weighted by atomic mass is 16.1. The Kier molecular flexibility index (Phi) is 6.59. The van der Waals surface area contributed by atoms with E-state index in [0.29, 0.717) is 12.1 Å². The fraction of sp³-hybridized carbons (Fsp3) is 0.900. The second kappa shape index (κ2) is 6.89. The minimum atomic E-state index is 0.0896. The van der Waals surface area contributed by atoms with Crippen LogP contribution in [-0.2, 0) is 4.79 Å². The quantitative estimate of drug-likeness (QED) is 0.682. The van der Waals surface area contributed by atoms with Crippen LogP contribution >= 0.6 is 0 Å². The van der Waals surface area contributed by atoms with Crippen molar-refractivity contribution in [3.63, 3.8) is 0 Å². The van der Waals surface area contributed by atoms with Crippen molar-refractivity contribution in [2.75, 3.05) is 7.05 Å². The number of hydrogen-bond donors (Lipinski definition) is 2. The van der Waals surface area contributed by atoms with Gasteiger partial charge >= 0.3 is 0 Å². The van der Waals surface area contributed by atoms with Gasteiger partial charge in [0.25, 0.3) is 0 Å². The summed E-state index contributed by atoms with van der Waals surface area (Å²) in [5.74, 6) is 0.0896. The molecule has 0 heterocycles. The first-order valence-electron chi connectivity index (χ1n) is 5.16. The second-order valence-corrected chi connectivity index (χ2v) is 3.20. The first-order chi connectivity index (χ1) is 6.22. The van der Waals surface area contributed by atoms with Crippen LogP contribution in [0, 0.1) is 0 Å². The van der Waals surface area contributed by atoms with Crippen molar-refractivity contribution < 1.29 is 4.79 Å². The molecule has 0 aliphatic heterocycles. The van der Waals surface area contributed by atoms with Crippen molar-refractivity contribution in [1.29, 1.82) is 0 Å². The maximum atomic E-state index is 10.7. The molecule has 2 unspecified atom stereocenters. The normalized spacial score (nSPS) is 26.2. The number of rotatable bonds is 2. The van der Waals surface area contributed by atoms with Crippen LogP contribution < -0.4 is 10.6 Å². The summed E-state index contributed by atoms with van der Waals surface area (Å²) in [4.78, 5) is 10.7. The average molecular weight is 186 g/mol. The van der Waals surface area contributed by atoms with Crippen LogP contribution in [0.25, 0.3) is 0 Å². The van der Waals surface area contributed by atoms with E-state index >= 15 is 0 Å². The van der Waals surface area contributed by atoms with Crippen molar-refractivity contribution in [1.82, 2.24) is 10.6 Å². The standard InChI is InChI=1S/C8H16N2O.C2H6/c1-6(11)10-8-4-3-7(5-8)9-2;1-2/h7-9H,3-5H2,1-2H3,(H,10,11);1-2H3. The van der Waals surface area contributed by atoms with Crippen LogP contribution in [0.2, 0.25) is 0 Å². The van der Waals surface area contributed by atoms with Crippen molar-refractivity contribution >= 4 is 5.91 Å². The lowest BCUT2D eigenvalue weighted by Gasteiger charge is -2.10. The molecule has 1 saturated carbocycles. The predicted octanol–water partition coefficient (Wildman–Crippen LogP) is 1.29. The first-order valence-corrected chi connectivity index (χ1v) is 5.16. The lowest BCUT2D eigenvalue weighted by atomic mass is 10.2. The van der Waals surface area contributed by atoms with Crippen LogP contribution in [0.5, 0.6) is 0 Å². The van der Waals surface area contributed by atoms with Gasteiger partial charge in [0.1, 0.15) is 0 Å². The Hall–Kier alpha value is -0.570. The highest BCUT2D eigenvalue weighted by molar-refractivity contribution is 5.73. The molecule has 3 heteroatoms. The zero-order valence-electron chi connectivity index (χ0n) is 9.18. The van der Waals surface area contributed by atoms with E-state index in [9.17, 15) is 4.79 Å². The van der Waals surface area contributed by atoms with Crippen LogP contribution in [0.4, 0.5) is 0 Å². The van der Waals surface area contributed by atoms with E-state index in [1.807, 2.05) is 20.9 Å². The van der Waals surface area contributed by atoms with Gasteiger partial charge in [-0.05, 0) is 26.3 Å². The Morgan fingerprint density at radius 2 is 1.77 bits per heavy atom. The molecule has 13 heavy (non-hydrogen) atoms. The Labute approximate surface area is 81.3 Å². The monoisotopic (exact) mass is 186 g/mol. The summed E-state index contributed by atoms with van der Waals surface area (Å²) < 4.78 is 0. The largest absolute Gasteiger partial charge is 0.354 e. The van der Waals surface area contributed by atoms with E-state index in [1.165, 1.54) is 6.42 Å². The molecule has 1 amide bonds. The van der Waals surface area contributed by atoms with Crippen molar-refractivity contribution in [2.24, 2.45) is 0 Å². The molecular formula is C10H22N2O. The molecule has 1 aliphatic rings. The highest BCUT2D eigenvalue weighted by Crippen LogP contribution is 2.18. The molecule has 1 rings (SSSR count). The molecule has 1 fully saturated rings. The molecule has 2 atom stereocenters. The van der Waals surface area contributed by atoms with Crippen LogP contribution in [0.15, 0.2) is 0 Å². The van der Waals surface area contributed by atoms with Gasteiger partial charge in [-0.2, -0.15) is 0 Å². The van der Waals surface area contributed by atoms with Crippen molar-refractivity contribution in [3.8, 4) is 0 Å². The minimum absolute atomic E-state index is 0.0896. The molecule has 3 nitrogen and oxygen atoms in total. The lowest BCUT2D eigenvalue weighted by molar-refractivity contribution is -0.119. The van der Waals surface area contributed by atoms with E-state index in [2.05, 4.69) is 10.6 Å². The molecule has 0 aromatic carbocycles. The van der Waals surface area contributed by atoms with E-state index < -0.39 is 0 Å². The predicted molar refractivity (Wildman–Crippen MR) is 55.7 cm³/mol. The third-order valence-corrected chi connectivity index (χ3v) is 2.25. The molecule has 2 N–H and O–H groups in total. The van der Waals surface area contributed by atoms with E-state index in [4.69, 9.17) is 0 Å². The van der Waals surface area contributed by atoms with Crippen LogP contribution in [-0.4, -0.2) is 25.0 Å². The Balaban J connectivity index is 0.000000671. The van der Waals surface area contributed by atoms with Crippen molar-refractivity contribution in [2.45, 2.75) is 52.1 Å². The van der Waals surface area contributed by atoms with Gasteiger partial charge in [0.15, 0.2) is 0 Å². The zero-order chi connectivity index (χ0) is 10.3. The van der Waals surface area contributed by atoms with Gasteiger partial charge in [-0.15, -0.1) is 0 Å². The number of amides is 1. The molecule has 0 aromatic rings. The van der Waals surface area contributed by atoms with Gasteiger partial charge in [-0.25, -0.2) is 0 Å². The SMILES string of the molecule is CC.CNC1CCC(NC(C)=O)C1. The summed E-state index contributed by atoms with van der Waals surface area (Å²) >= 11 is 0. The molecule has 0 aromatic heterocycles. The fourth-order valence-electron chi connectivity index (χ4n) is 1.66. The van der Waals surface area contributed by atoms with E-state index in [-0.39, 0.29) is 5.91 Å². The van der Waals surface area contributed by atoms with Crippen molar-refractivity contribution in [3.05, 3.63) is 0 Å². The maximum absolute atomic E-state index is 10.7. The summed E-state index contributed by atoms with van der Waals surface area (Å²) in [6.07, 6.45) is 3.38. The Bertz CT molecular complexity index is 148. The van der Waals surface area contributed by atoms with Gasteiger partial charge in [0.05, 0.1) is 0 Å². The Morgan fingerprint density at radius 1 is 1.23 bits per heavy atom. The van der Waals surface area contributed by atoms with Gasteiger partial charge < -0.3 is 10.6 Å². The zero-order valence-corrected chi connectivity index (χ0v) is 9.18. The molecule has 0 bridgehead atoms. The Morgan fingerprint density at radius 3 is 2.15 bits per heavy atom. The second-order valence-electron chi connectivity index (χ2n) is 3.20. The topological polar surface area (TPSA) is 41.1 Å². The van der Waals surface area contributed by atoms with Crippen LogP contribution in [0.3, 0.4) is 0 Å². The van der Waals surface area contributed by atoms with Gasteiger partial charge in [0, 0.05) is 19.0 Å². The molecule has 1 aliphatic carbocycles. The maximum Gasteiger partial charge on any atom is 0.217 e. The van der Waals surface area contributed by atoms with E-state index in [1.54, 1.807) is 6.92 Å². The van der Waals surface area contributed by atoms with Crippen LogP contribution in [0.1, 0.15) is 40.0 Å². The summed E-state index contributed by atoms with van der Waals surface area (Å²) in [6, 6.07) is 1.01.